The summed E-state index contributed by atoms with van der Waals surface area (Å²) in [7, 11) is 3.83. The minimum Gasteiger partial charge on any atom is -0.363 e. The number of hydrogen-bond donors (Lipinski definition) is 1. The highest BCUT2D eigenvalue weighted by atomic mass is 16.1. The Morgan fingerprint density at radius 3 is 2.76 bits per heavy atom. The monoisotopic (exact) mass is 389 g/mol. The summed E-state index contributed by atoms with van der Waals surface area (Å²) in [5, 5.41) is 3.09. The van der Waals surface area contributed by atoms with E-state index in [1.807, 2.05) is 43.3 Å². The summed E-state index contributed by atoms with van der Waals surface area (Å²) in [6.45, 7) is 1.46. The maximum Gasteiger partial charge on any atom is 0.253 e. The van der Waals surface area contributed by atoms with Crippen LogP contribution in [-0.4, -0.2) is 59.1 Å². The van der Waals surface area contributed by atoms with Crippen molar-refractivity contribution >= 4 is 17.7 Å². The second-order valence-electron chi connectivity index (χ2n) is 7.19. The molecule has 1 saturated heterocycles. The molecule has 1 amide bonds. The van der Waals surface area contributed by atoms with Crippen LogP contribution in [0.1, 0.15) is 16.8 Å². The molecule has 1 aliphatic rings. The van der Waals surface area contributed by atoms with Crippen LogP contribution in [0, 0.1) is 0 Å². The molecule has 8 nitrogen and oxygen atoms in total. The van der Waals surface area contributed by atoms with Gasteiger partial charge in [0.1, 0.15) is 5.82 Å². The Labute approximate surface area is 169 Å². The van der Waals surface area contributed by atoms with Crippen LogP contribution < -0.4 is 15.1 Å². The van der Waals surface area contributed by atoms with Gasteiger partial charge in [-0.1, -0.05) is 0 Å². The Hall–Kier alpha value is -3.55. The number of pyridine rings is 2. The zero-order chi connectivity index (χ0) is 20.2. The molecular formula is C21H23N7O. The molecule has 1 fully saturated rings. The average molecular weight is 389 g/mol. The lowest BCUT2D eigenvalue weighted by Gasteiger charge is -2.17. The molecule has 1 N–H and O–H groups in total. The van der Waals surface area contributed by atoms with Crippen molar-refractivity contribution in [2.45, 2.75) is 12.5 Å². The summed E-state index contributed by atoms with van der Waals surface area (Å²) < 4.78 is 0. The molecule has 4 rings (SSSR count). The fourth-order valence-corrected chi connectivity index (χ4v) is 3.29. The van der Waals surface area contributed by atoms with Crippen molar-refractivity contribution in [3.63, 3.8) is 0 Å². The topological polar surface area (TPSA) is 87.1 Å². The van der Waals surface area contributed by atoms with Crippen molar-refractivity contribution in [1.82, 2.24) is 25.3 Å². The molecular weight excluding hydrogens is 366 g/mol. The number of rotatable bonds is 5. The number of hydrogen-bond acceptors (Lipinski definition) is 7. The van der Waals surface area contributed by atoms with Gasteiger partial charge < -0.3 is 15.1 Å². The number of nitrogens with zero attached hydrogens (tertiary/aromatic N) is 6. The van der Waals surface area contributed by atoms with E-state index in [-0.39, 0.29) is 11.9 Å². The maximum absolute atomic E-state index is 12.5. The zero-order valence-corrected chi connectivity index (χ0v) is 16.5. The first-order chi connectivity index (χ1) is 14.1. The average Bonchev–Trinajstić information content (AvgIpc) is 3.23. The summed E-state index contributed by atoms with van der Waals surface area (Å²) in [5.74, 6) is 1.37. The van der Waals surface area contributed by atoms with Gasteiger partial charge in [-0.15, -0.1) is 0 Å². The van der Waals surface area contributed by atoms with Crippen LogP contribution in [0.5, 0.6) is 0 Å². The minimum atomic E-state index is -0.111. The van der Waals surface area contributed by atoms with Crippen molar-refractivity contribution in [3.05, 3.63) is 60.7 Å². The van der Waals surface area contributed by atoms with Crippen molar-refractivity contribution in [3.8, 4) is 11.3 Å². The smallest absolute Gasteiger partial charge is 0.253 e. The van der Waals surface area contributed by atoms with E-state index in [2.05, 4.69) is 30.2 Å². The number of anilines is 2. The molecule has 148 valence electrons. The highest BCUT2D eigenvalue weighted by Crippen LogP contribution is 2.21. The Kier molecular flexibility index (Phi) is 5.33. The van der Waals surface area contributed by atoms with Gasteiger partial charge >= 0.3 is 0 Å². The van der Waals surface area contributed by atoms with Crippen molar-refractivity contribution in [1.29, 1.82) is 0 Å². The highest BCUT2D eigenvalue weighted by molar-refractivity contribution is 5.94. The molecule has 1 atom stereocenters. The number of aromatic nitrogens is 4. The molecule has 29 heavy (non-hydrogen) atoms. The Morgan fingerprint density at radius 2 is 2.03 bits per heavy atom. The summed E-state index contributed by atoms with van der Waals surface area (Å²) in [5.41, 5.74) is 2.35. The molecule has 1 aliphatic heterocycles. The summed E-state index contributed by atoms with van der Waals surface area (Å²) in [6.07, 6.45) is 7.74. The third-order valence-electron chi connectivity index (χ3n) is 4.87. The van der Waals surface area contributed by atoms with Crippen LogP contribution in [0.15, 0.2) is 55.1 Å². The summed E-state index contributed by atoms with van der Waals surface area (Å²) in [6, 6.07) is 9.42. The van der Waals surface area contributed by atoms with Crippen LogP contribution in [0.3, 0.4) is 0 Å². The van der Waals surface area contributed by atoms with Gasteiger partial charge in [-0.2, -0.15) is 0 Å². The number of carbonyl (C=O) groups excluding carboxylic acids is 1. The third-order valence-corrected chi connectivity index (χ3v) is 4.87. The molecule has 3 aromatic rings. The lowest BCUT2D eigenvalue weighted by Crippen LogP contribution is -2.37. The lowest BCUT2D eigenvalue weighted by atomic mass is 10.2. The van der Waals surface area contributed by atoms with Gasteiger partial charge in [0.25, 0.3) is 5.91 Å². The minimum absolute atomic E-state index is 0.0432. The highest BCUT2D eigenvalue weighted by Gasteiger charge is 2.26. The van der Waals surface area contributed by atoms with Gasteiger partial charge in [-0.3, -0.25) is 9.78 Å². The fraction of sp³-hybridized carbons (Fsp3) is 0.286. The van der Waals surface area contributed by atoms with E-state index in [9.17, 15) is 4.79 Å². The fourth-order valence-electron chi connectivity index (χ4n) is 3.29. The van der Waals surface area contributed by atoms with Gasteiger partial charge in [-0.05, 0) is 36.8 Å². The Morgan fingerprint density at radius 1 is 1.14 bits per heavy atom. The van der Waals surface area contributed by atoms with E-state index in [1.165, 1.54) is 0 Å². The van der Waals surface area contributed by atoms with E-state index in [0.717, 1.165) is 30.0 Å². The maximum atomic E-state index is 12.5. The van der Waals surface area contributed by atoms with Gasteiger partial charge in [0, 0.05) is 63.6 Å². The summed E-state index contributed by atoms with van der Waals surface area (Å²) >= 11 is 0. The Bertz CT molecular complexity index is 976. The van der Waals surface area contributed by atoms with E-state index in [1.54, 1.807) is 30.9 Å². The normalized spacial score (nSPS) is 15.9. The van der Waals surface area contributed by atoms with Crippen LogP contribution in [0.4, 0.5) is 11.8 Å². The number of carbonyl (C=O) groups is 1. The van der Waals surface area contributed by atoms with E-state index in [4.69, 9.17) is 0 Å². The molecule has 0 aliphatic carbocycles. The number of nitrogens with one attached hydrogen (secondary N) is 1. The molecule has 0 bridgehead atoms. The number of amides is 1. The first-order valence-electron chi connectivity index (χ1n) is 9.53. The third kappa shape index (κ3) is 4.31. The van der Waals surface area contributed by atoms with Crippen LogP contribution >= 0.6 is 0 Å². The molecule has 0 spiro atoms. The van der Waals surface area contributed by atoms with Crippen molar-refractivity contribution in [2.24, 2.45) is 0 Å². The molecule has 0 radical (unpaired) electrons. The largest absolute Gasteiger partial charge is 0.363 e. The second-order valence-corrected chi connectivity index (χ2v) is 7.19. The zero-order valence-electron chi connectivity index (χ0n) is 16.5. The van der Waals surface area contributed by atoms with Crippen LogP contribution in [0.2, 0.25) is 0 Å². The Balaban J connectivity index is 1.40. The first-order valence-corrected chi connectivity index (χ1v) is 9.53. The second kappa shape index (κ2) is 8.22. The van der Waals surface area contributed by atoms with Gasteiger partial charge in [0.15, 0.2) is 0 Å². The van der Waals surface area contributed by atoms with E-state index >= 15 is 0 Å². The predicted molar refractivity (Wildman–Crippen MR) is 112 cm³/mol. The first kappa shape index (κ1) is 18.8. The standard InChI is InChI=1S/C21H23N7O/c1-27(2)19-6-5-16(13-24-19)20(29)25-17-8-11-28(14-17)21-23-10-7-18(26-21)15-4-3-9-22-12-15/h3-7,9-10,12-13,17H,8,11,14H2,1-2H3,(H,25,29). The van der Waals surface area contributed by atoms with E-state index in [0.29, 0.717) is 18.1 Å². The molecule has 3 aromatic heterocycles. The van der Waals surface area contributed by atoms with Crippen LogP contribution in [0.25, 0.3) is 11.3 Å². The SMILES string of the molecule is CN(C)c1ccc(C(=O)NC2CCN(c3nccc(-c4cccnc4)n3)C2)cn1. The van der Waals surface area contributed by atoms with Gasteiger partial charge in [0.2, 0.25) is 5.95 Å². The van der Waals surface area contributed by atoms with Crippen molar-refractivity contribution < 1.29 is 4.79 Å². The quantitative estimate of drug-likeness (QED) is 0.714. The predicted octanol–water partition coefficient (Wildman–Crippen LogP) is 2.01. The van der Waals surface area contributed by atoms with Crippen molar-refractivity contribution in [2.75, 3.05) is 37.0 Å². The summed E-state index contributed by atoms with van der Waals surface area (Å²) in [4.78, 5) is 34.1. The van der Waals surface area contributed by atoms with Gasteiger partial charge in [-0.25, -0.2) is 15.0 Å². The molecule has 1 unspecified atom stereocenters. The lowest BCUT2D eigenvalue weighted by molar-refractivity contribution is 0.0940. The molecule has 8 heteroatoms. The molecule has 4 heterocycles. The van der Waals surface area contributed by atoms with E-state index < -0.39 is 0 Å². The van der Waals surface area contributed by atoms with Crippen LogP contribution in [-0.2, 0) is 0 Å². The van der Waals surface area contributed by atoms with Gasteiger partial charge in [0.05, 0.1) is 11.3 Å². The molecule has 0 aromatic carbocycles. The molecule has 0 saturated carbocycles.